The zero-order valence-corrected chi connectivity index (χ0v) is 16.1. The SMILES string of the molecule is C=CC(=O)Nc1cccc(Nc2nc(Nc3cnn(C4COC4)c3)ncc2Cl)c1. The number of carbonyl (C=O) groups excluding carboxylic acids is 1. The molecule has 0 spiro atoms. The number of benzene rings is 1. The molecule has 1 aliphatic rings. The van der Waals surface area contributed by atoms with Crippen molar-refractivity contribution in [3.8, 4) is 0 Å². The van der Waals surface area contributed by atoms with Gasteiger partial charge in [0.15, 0.2) is 5.82 Å². The maximum atomic E-state index is 11.5. The molecule has 10 heteroatoms. The third kappa shape index (κ3) is 4.53. The van der Waals surface area contributed by atoms with E-state index in [0.29, 0.717) is 41.4 Å². The molecule has 1 amide bonds. The Morgan fingerprint density at radius 1 is 1.24 bits per heavy atom. The van der Waals surface area contributed by atoms with Gasteiger partial charge in [-0.2, -0.15) is 10.1 Å². The monoisotopic (exact) mass is 411 g/mol. The van der Waals surface area contributed by atoms with Crippen LogP contribution in [0.3, 0.4) is 0 Å². The van der Waals surface area contributed by atoms with E-state index >= 15 is 0 Å². The van der Waals surface area contributed by atoms with Gasteiger partial charge in [-0.15, -0.1) is 0 Å². The first kappa shape index (κ1) is 18.9. The van der Waals surface area contributed by atoms with Crippen molar-refractivity contribution in [2.24, 2.45) is 0 Å². The lowest BCUT2D eigenvalue weighted by atomic mass is 10.2. The first-order valence-corrected chi connectivity index (χ1v) is 9.20. The van der Waals surface area contributed by atoms with Gasteiger partial charge in [0.1, 0.15) is 5.02 Å². The van der Waals surface area contributed by atoms with Gasteiger partial charge in [0, 0.05) is 17.6 Å². The normalized spacial score (nSPS) is 13.4. The molecule has 0 unspecified atom stereocenters. The summed E-state index contributed by atoms with van der Waals surface area (Å²) in [5.74, 6) is 0.510. The Kier molecular flexibility index (Phi) is 5.41. The molecule has 1 saturated heterocycles. The lowest BCUT2D eigenvalue weighted by Gasteiger charge is -2.25. The van der Waals surface area contributed by atoms with Crippen LogP contribution in [0, 0.1) is 0 Å². The number of aromatic nitrogens is 4. The van der Waals surface area contributed by atoms with Crippen LogP contribution in [-0.2, 0) is 9.53 Å². The number of hydrogen-bond donors (Lipinski definition) is 3. The molecule has 0 bridgehead atoms. The molecule has 0 aliphatic carbocycles. The number of carbonyl (C=O) groups is 1. The van der Waals surface area contributed by atoms with E-state index in [2.05, 4.69) is 37.6 Å². The number of hydrogen-bond acceptors (Lipinski definition) is 7. The molecule has 2 aromatic heterocycles. The molecule has 1 fully saturated rings. The fourth-order valence-corrected chi connectivity index (χ4v) is 2.77. The van der Waals surface area contributed by atoms with Crippen LogP contribution in [0.2, 0.25) is 5.02 Å². The first-order chi connectivity index (χ1) is 14.1. The van der Waals surface area contributed by atoms with Crippen molar-refractivity contribution < 1.29 is 9.53 Å². The molecule has 3 heterocycles. The van der Waals surface area contributed by atoms with Crippen LogP contribution < -0.4 is 16.0 Å². The molecular formula is C19H18ClN7O2. The molecule has 1 aliphatic heterocycles. The van der Waals surface area contributed by atoms with Crippen LogP contribution in [0.15, 0.2) is 55.5 Å². The molecular weight excluding hydrogens is 394 g/mol. The molecule has 3 aromatic rings. The maximum Gasteiger partial charge on any atom is 0.247 e. The molecule has 3 N–H and O–H groups in total. The molecule has 148 valence electrons. The lowest BCUT2D eigenvalue weighted by molar-refractivity contribution is -0.111. The summed E-state index contributed by atoms with van der Waals surface area (Å²) in [6.07, 6.45) is 6.30. The lowest BCUT2D eigenvalue weighted by Crippen LogP contribution is -2.30. The molecule has 9 nitrogen and oxygen atoms in total. The van der Waals surface area contributed by atoms with E-state index in [0.717, 1.165) is 5.69 Å². The smallest absolute Gasteiger partial charge is 0.247 e. The second-order valence-electron chi connectivity index (χ2n) is 6.31. The van der Waals surface area contributed by atoms with Gasteiger partial charge in [-0.3, -0.25) is 9.48 Å². The predicted octanol–water partition coefficient (Wildman–Crippen LogP) is 3.51. The quantitative estimate of drug-likeness (QED) is 0.511. The minimum atomic E-state index is -0.289. The van der Waals surface area contributed by atoms with E-state index in [1.54, 1.807) is 24.4 Å². The third-order valence-corrected chi connectivity index (χ3v) is 4.45. The van der Waals surface area contributed by atoms with Crippen molar-refractivity contribution in [3.05, 3.63) is 60.5 Å². The highest BCUT2D eigenvalue weighted by Crippen LogP contribution is 2.26. The number of anilines is 5. The summed E-state index contributed by atoms with van der Waals surface area (Å²) in [7, 11) is 0. The van der Waals surface area contributed by atoms with Crippen molar-refractivity contribution >= 4 is 46.3 Å². The summed E-state index contributed by atoms with van der Waals surface area (Å²) in [6.45, 7) is 4.77. The van der Waals surface area contributed by atoms with Gasteiger partial charge in [-0.25, -0.2) is 4.98 Å². The average Bonchev–Trinajstić information content (AvgIpc) is 3.11. The van der Waals surface area contributed by atoms with Crippen LogP contribution >= 0.6 is 11.6 Å². The van der Waals surface area contributed by atoms with Gasteiger partial charge in [0.2, 0.25) is 11.9 Å². The maximum absolute atomic E-state index is 11.5. The fourth-order valence-electron chi connectivity index (χ4n) is 2.63. The van der Waals surface area contributed by atoms with Gasteiger partial charge in [-0.1, -0.05) is 24.2 Å². The number of halogens is 1. The van der Waals surface area contributed by atoms with Crippen LogP contribution in [0.25, 0.3) is 0 Å². The van der Waals surface area contributed by atoms with E-state index in [1.807, 2.05) is 16.9 Å². The Morgan fingerprint density at radius 2 is 2.07 bits per heavy atom. The number of amides is 1. The Hall–Kier alpha value is -3.43. The Labute approximate surface area is 171 Å². The fraction of sp³-hybridized carbons (Fsp3) is 0.158. The number of nitrogens with one attached hydrogen (secondary N) is 3. The molecule has 0 saturated carbocycles. The molecule has 0 radical (unpaired) electrons. The van der Waals surface area contributed by atoms with E-state index < -0.39 is 0 Å². The van der Waals surface area contributed by atoms with Gasteiger partial charge in [0.25, 0.3) is 0 Å². The highest BCUT2D eigenvalue weighted by molar-refractivity contribution is 6.32. The summed E-state index contributed by atoms with van der Waals surface area (Å²) in [5.41, 5.74) is 2.09. The summed E-state index contributed by atoms with van der Waals surface area (Å²) in [4.78, 5) is 20.1. The van der Waals surface area contributed by atoms with Gasteiger partial charge in [-0.05, 0) is 24.3 Å². The first-order valence-electron chi connectivity index (χ1n) is 8.82. The minimum absolute atomic E-state index is 0.266. The van der Waals surface area contributed by atoms with Crippen LogP contribution in [-0.4, -0.2) is 38.9 Å². The molecule has 1 aromatic carbocycles. The highest BCUT2D eigenvalue weighted by Gasteiger charge is 2.21. The topological polar surface area (TPSA) is 106 Å². The second kappa shape index (κ2) is 8.29. The van der Waals surface area contributed by atoms with E-state index in [4.69, 9.17) is 16.3 Å². The number of ether oxygens (including phenoxy) is 1. The van der Waals surface area contributed by atoms with Gasteiger partial charge < -0.3 is 20.7 Å². The van der Waals surface area contributed by atoms with E-state index in [1.165, 1.54) is 12.3 Å². The van der Waals surface area contributed by atoms with Crippen molar-refractivity contribution in [1.82, 2.24) is 19.7 Å². The predicted molar refractivity (Wildman–Crippen MR) is 111 cm³/mol. The van der Waals surface area contributed by atoms with Gasteiger partial charge >= 0.3 is 0 Å². The largest absolute Gasteiger partial charge is 0.377 e. The number of rotatable bonds is 7. The van der Waals surface area contributed by atoms with Crippen molar-refractivity contribution in [2.45, 2.75) is 6.04 Å². The Morgan fingerprint density at radius 3 is 2.83 bits per heavy atom. The highest BCUT2D eigenvalue weighted by atomic mass is 35.5. The zero-order chi connectivity index (χ0) is 20.2. The van der Waals surface area contributed by atoms with Crippen LogP contribution in [0.1, 0.15) is 6.04 Å². The summed E-state index contributed by atoms with van der Waals surface area (Å²) < 4.78 is 7.03. The Bertz CT molecular complexity index is 1050. The van der Waals surface area contributed by atoms with E-state index in [-0.39, 0.29) is 11.9 Å². The minimum Gasteiger partial charge on any atom is -0.377 e. The zero-order valence-electron chi connectivity index (χ0n) is 15.3. The van der Waals surface area contributed by atoms with Crippen LogP contribution in [0.5, 0.6) is 0 Å². The third-order valence-electron chi connectivity index (χ3n) is 4.17. The van der Waals surface area contributed by atoms with Crippen molar-refractivity contribution in [1.29, 1.82) is 0 Å². The second-order valence-corrected chi connectivity index (χ2v) is 6.72. The molecule has 0 atom stereocenters. The van der Waals surface area contributed by atoms with Crippen LogP contribution in [0.4, 0.5) is 28.8 Å². The Balaban J connectivity index is 1.48. The summed E-state index contributed by atoms with van der Waals surface area (Å²) in [5, 5.41) is 13.6. The number of nitrogens with zero attached hydrogens (tertiary/aromatic N) is 4. The average molecular weight is 412 g/mol. The summed E-state index contributed by atoms with van der Waals surface area (Å²) >= 11 is 6.24. The van der Waals surface area contributed by atoms with E-state index in [9.17, 15) is 4.79 Å². The van der Waals surface area contributed by atoms with Crippen molar-refractivity contribution in [2.75, 3.05) is 29.2 Å². The van der Waals surface area contributed by atoms with Crippen molar-refractivity contribution in [3.63, 3.8) is 0 Å². The van der Waals surface area contributed by atoms with Gasteiger partial charge in [0.05, 0.1) is 37.3 Å². The molecule has 4 rings (SSSR count). The summed E-state index contributed by atoms with van der Waals surface area (Å²) in [6, 6.07) is 7.43. The standard InChI is InChI=1S/C19H18ClN7O2/c1-2-17(28)23-12-4-3-5-13(6-12)24-18-16(20)8-21-19(26-18)25-14-7-22-27(9-14)15-10-29-11-15/h2-9,15H,1,10-11H2,(H,23,28)(H2,21,24,25,26). The molecule has 29 heavy (non-hydrogen) atoms.